The molecular formula is C13H16BrN3O3S2. The van der Waals surface area contributed by atoms with Gasteiger partial charge in [0.2, 0.25) is 10.0 Å². The van der Waals surface area contributed by atoms with Crippen molar-refractivity contribution in [3.8, 4) is 0 Å². The van der Waals surface area contributed by atoms with Gasteiger partial charge < -0.3 is 0 Å². The predicted molar refractivity (Wildman–Crippen MR) is 92.7 cm³/mol. The number of rotatable bonds is 6. The minimum absolute atomic E-state index is 0.0725. The van der Waals surface area contributed by atoms with E-state index in [9.17, 15) is 13.2 Å². The summed E-state index contributed by atoms with van der Waals surface area (Å²) in [5, 5.41) is 6.13. The van der Waals surface area contributed by atoms with Crippen LogP contribution < -0.4 is 10.7 Å². The van der Waals surface area contributed by atoms with Gasteiger partial charge in [0.15, 0.2) is 5.16 Å². The third-order valence-electron chi connectivity index (χ3n) is 3.00. The summed E-state index contributed by atoms with van der Waals surface area (Å²) in [5.41, 5.74) is 0.537. The molecule has 0 aliphatic carbocycles. The van der Waals surface area contributed by atoms with Crippen LogP contribution in [0.2, 0.25) is 0 Å². The van der Waals surface area contributed by atoms with Crippen molar-refractivity contribution in [2.24, 2.45) is 5.14 Å². The van der Waals surface area contributed by atoms with Gasteiger partial charge in [0.05, 0.1) is 16.7 Å². The van der Waals surface area contributed by atoms with E-state index in [1.807, 2.05) is 13.0 Å². The van der Waals surface area contributed by atoms with E-state index >= 15 is 0 Å². The predicted octanol–water partition coefficient (Wildman–Crippen LogP) is 1.95. The maximum Gasteiger partial charge on any atom is 0.262 e. The molecule has 1 aromatic heterocycles. The molecule has 0 spiro atoms. The van der Waals surface area contributed by atoms with Crippen LogP contribution in [0.5, 0.6) is 0 Å². The van der Waals surface area contributed by atoms with Crippen molar-refractivity contribution in [2.45, 2.75) is 25.0 Å². The minimum Gasteiger partial charge on any atom is -0.287 e. The number of sulfonamides is 1. The maximum atomic E-state index is 12.5. The van der Waals surface area contributed by atoms with Crippen LogP contribution in [0.25, 0.3) is 10.9 Å². The van der Waals surface area contributed by atoms with Crippen LogP contribution in [0.3, 0.4) is 0 Å². The lowest BCUT2D eigenvalue weighted by Gasteiger charge is -2.11. The number of nitrogens with zero attached hydrogens (tertiary/aromatic N) is 2. The third kappa shape index (κ3) is 4.31. The molecule has 0 unspecified atom stereocenters. The van der Waals surface area contributed by atoms with Gasteiger partial charge in [0.1, 0.15) is 0 Å². The van der Waals surface area contributed by atoms with Gasteiger partial charge in [-0.05, 0) is 31.5 Å². The van der Waals surface area contributed by atoms with E-state index in [2.05, 4.69) is 20.9 Å². The lowest BCUT2D eigenvalue weighted by atomic mass is 10.2. The highest BCUT2D eigenvalue weighted by molar-refractivity contribution is 9.10. The molecule has 0 amide bonds. The van der Waals surface area contributed by atoms with Crippen molar-refractivity contribution < 1.29 is 8.42 Å². The molecule has 22 heavy (non-hydrogen) atoms. The summed E-state index contributed by atoms with van der Waals surface area (Å²) in [6.07, 6.45) is 0.418. The fraction of sp³-hybridized carbons (Fsp3) is 0.385. The summed E-state index contributed by atoms with van der Waals surface area (Å²) >= 11 is 4.72. The Balaban J connectivity index is 2.29. The number of halogens is 1. The molecule has 120 valence electrons. The monoisotopic (exact) mass is 405 g/mol. The molecule has 0 atom stereocenters. The lowest BCUT2D eigenvalue weighted by Crippen LogP contribution is -2.22. The highest BCUT2D eigenvalue weighted by Crippen LogP contribution is 2.21. The molecular weight excluding hydrogens is 390 g/mol. The molecule has 0 saturated heterocycles. The van der Waals surface area contributed by atoms with Gasteiger partial charge in [-0.1, -0.05) is 27.7 Å². The smallest absolute Gasteiger partial charge is 0.262 e. The number of hydrogen-bond acceptors (Lipinski definition) is 5. The highest BCUT2D eigenvalue weighted by atomic mass is 79.9. The topological polar surface area (TPSA) is 95.1 Å². The molecule has 0 bridgehead atoms. The summed E-state index contributed by atoms with van der Waals surface area (Å²) in [6, 6.07) is 5.38. The molecule has 2 aromatic rings. The molecule has 0 aliphatic rings. The Morgan fingerprint density at radius 3 is 2.77 bits per heavy atom. The van der Waals surface area contributed by atoms with Crippen molar-refractivity contribution in [1.29, 1.82) is 0 Å². The van der Waals surface area contributed by atoms with Crippen molar-refractivity contribution in [1.82, 2.24) is 9.55 Å². The third-order valence-corrected chi connectivity index (χ3v) is 5.42. The molecule has 2 N–H and O–H groups in total. The number of benzene rings is 1. The summed E-state index contributed by atoms with van der Waals surface area (Å²) in [5.74, 6) is 0.460. The number of hydrogen-bond donors (Lipinski definition) is 1. The van der Waals surface area contributed by atoms with Crippen LogP contribution in [0.4, 0.5) is 0 Å². The zero-order valence-corrected chi connectivity index (χ0v) is 15.2. The van der Waals surface area contributed by atoms with Gasteiger partial charge in [-0.25, -0.2) is 18.5 Å². The molecule has 6 nitrogen and oxygen atoms in total. The van der Waals surface area contributed by atoms with Gasteiger partial charge in [0.25, 0.3) is 5.56 Å². The fourth-order valence-electron chi connectivity index (χ4n) is 1.99. The Hall–Kier alpha value is -0.900. The summed E-state index contributed by atoms with van der Waals surface area (Å²) < 4.78 is 24.3. The van der Waals surface area contributed by atoms with Gasteiger partial charge >= 0.3 is 0 Å². The number of nitrogens with two attached hydrogens (primary N) is 1. The highest BCUT2D eigenvalue weighted by Gasteiger charge is 2.11. The number of fused-ring (bicyclic) bond motifs is 1. The molecule has 1 aromatic carbocycles. The summed E-state index contributed by atoms with van der Waals surface area (Å²) in [4.78, 5) is 17.0. The molecule has 0 fully saturated rings. The second-order valence-corrected chi connectivity index (χ2v) is 8.39. The molecule has 0 radical (unpaired) electrons. The summed E-state index contributed by atoms with van der Waals surface area (Å²) in [6.45, 7) is 2.38. The van der Waals surface area contributed by atoms with Gasteiger partial charge in [-0.3, -0.25) is 9.36 Å². The quantitative estimate of drug-likeness (QED) is 0.450. The van der Waals surface area contributed by atoms with Crippen LogP contribution in [0, 0.1) is 0 Å². The zero-order valence-electron chi connectivity index (χ0n) is 12.0. The molecule has 0 saturated carbocycles. The molecule has 0 aliphatic heterocycles. The molecule has 1 heterocycles. The van der Waals surface area contributed by atoms with Crippen LogP contribution in [-0.2, 0) is 16.6 Å². The standard InChI is InChI=1S/C13H16BrN3O3S2/c1-2-17-12(18)10-8-9(14)4-5-11(10)16-13(17)21-6-3-7-22(15,19)20/h4-5,8H,2-3,6-7H2,1H3,(H2,15,19,20). The number of primary sulfonamides is 1. The lowest BCUT2D eigenvalue weighted by molar-refractivity contribution is 0.596. The second-order valence-electron chi connectivity index (χ2n) is 4.67. The van der Waals surface area contributed by atoms with E-state index < -0.39 is 10.0 Å². The van der Waals surface area contributed by atoms with E-state index in [1.165, 1.54) is 11.8 Å². The van der Waals surface area contributed by atoms with E-state index in [1.54, 1.807) is 16.7 Å². The van der Waals surface area contributed by atoms with E-state index in [0.29, 0.717) is 34.8 Å². The van der Waals surface area contributed by atoms with Gasteiger partial charge in [-0.2, -0.15) is 0 Å². The Bertz CT molecular complexity index is 849. The fourth-order valence-corrected chi connectivity index (χ4v) is 4.08. The first kappa shape index (κ1) is 17.5. The van der Waals surface area contributed by atoms with Crippen LogP contribution in [0.15, 0.2) is 32.6 Å². The van der Waals surface area contributed by atoms with E-state index in [-0.39, 0.29) is 11.3 Å². The molecule has 9 heteroatoms. The van der Waals surface area contributed by atoms with E-state index in [0.717, 1.165) is 4.47 Å². The Labute approximate surface area is 141 Å². The van der Waals surface area contributed by atoms with Gasteiger partial charge in [-0.15, -0.1) is 0 Å². The Morgan fingerprint density at radius 1 is 1.41 bits per heavy atom. The van der Waals surface area contributed by atoms with Crippen LogP contribution in [0.1, 0.15) is 13.3 Å². The number of thioether (sulfide) groups is 1. The SMILES string of the molecule is CCn1c(SCCCS(N)(=O)=O)nc2ccc(Br)cc2c1=O. The van der Waals surface area contributed by atoms with Crippen molar-refractivity contribution >= 4 is 48.6 Å². The Morgan fingerprint density at radius 2 is 2.14 bits per heavy atom. The first-order chi connectivity index (χ1) is 10.3. The average Bonchev–Trinajstić information content (AvgIpc) is 2.44. The van der Waals surface area contributed by atoms with Crippen LogP contribution >= 0.6 is 27.7 Å². The Kier molecular flexibility index (Phi) is 5.65. The second kappa shape index (κ2) is 7.12. The van der Waals surface area contributed by atoms with Crippen LogP contribution in [-0.4, -0.2) is 29.5 Å². The first-order valence-electron chi connectivity index (χ1n) is 6.65. The van der Waals surface area contributed by atoms with Crippen molar-refractivity contribution in [3.63, 3.8) is 0 Å². The minimum atomic E-state index is -3.45. The normalized spacial score (nSPS) is 12.0. The summed E-state index contributed by atoms with van der Waals surface area (Å²) in [7, 11) is -3.45. The van der Waals surface area contributed by atoms with Gasteiger partial charge in [0, 0.05) is 16.8 Å². The van der Waals surface area contributed by atoms with Crippen molar-refractivity contribution in [3.05, 3.63) is 33.0 Å². The van der Waals surface area contributed by atoms with Crippen molar-refractivity contribution in [2.75, 3.05) is 11.5 Å². The average molecular weight is 406 g/mol. The largest absolute Gasteiger partial charge is 0.287 e. The maximum absolute atomic E-state index is 12.5. The van der Waals surface area contributed by atoms with E-state index in [4.69, 9.17) is 5.14 Å². The zero-order chi connectivity index (χ0) is 16.3. The number of aromatic nitrogens is 2. The molecule has 2 rings (SSSR count). The first-order valence-corrected chi connectivity index (χ1v) is 10.1.